The van der Waals surface area contributed by atoms with Crippen molar-refractivity contribution < 1.29 is 9.53 Å². The number of amides is 1. The minimum atomic E-state index is -0.247. The Morgan fingerprint density at radius 3 is 3.00 bits per heavy atom. The summed E-state index contributed by atoms with van der Waals surface area (Å²) in [4.78, 5) is 14.4. The van der Waals surface area contributed by atoms with Gasteiger partial charge in [-0.3, -0.25) is 9.69 Å². The van der Waals surface area contributed by atoms with Crippen molar-refractivity contribution in [2.24, 2.45) is 0 Å². The smallest absolute Gasteiger partial charge is 0.246 e. The summed E-state index contributed by atoms with van der Waals surface area (Å²) in [6.07, 6.45) is 0. The van der Waals surface area contributed by atoms with E-state index in [1.165, 1.54) is 0 Å². The van der Waals surface area contributed by atoms with Crippen LogP contribution in [0, 0.1) is 0 Å². The van der Waals surface area contributed by atoms with Gasteiger partial charge in [-0.2, -0.15) is 0 Å². The molecular formula is C14H18BrN3O2. The molecule has 20 heavy (non-hydrogen) atoms. The molecule has 108 valence electrons. The number of anilines is 1. The van der Waals surface area contributed by atoms with E-state index in [0.29, 0.717) is 0 Å². The number of fused-ring (bicyclic) bond motifs is 1. The predicted octanol–water partition coefficient (Wildman–Crippen LogP) is 1.36. The molecule has 2 N–H and O–H groups in total. The Bertz CT molecular complexity index is 503. The average Bonchev–Trinajstić information content (AvgIpc) is 2.76. The fourth-order valence-corrected chi connectivity index (χ4v) is 3.01. The second-order valence-corrected chi connectivity index (χ2v) is 5.98. The van der Waals surface area contributed by atoms with Crippen LogP contribution in [0.4, 0.5) is 5.69 Å². The summed E-state index contributed by atoms with van der Waals surface area (Å²) in [6, 6.07) is 5.62. The van der Waals surface area contributed by atoms with Crippen molar-refractivity contribution in [1.29, 1.82) is 0 Å². The van der Waals surface area contributed by atoms with Gasteiger partial charge >= 0.3 is 0 Å². The lowest BCUT2D eigenvalue weighted by Crippen LogP contribution is -2.41. The topological polar surface area (TPSA) is 53.6 Å². The fourth-order valence-electron chi connectivity index (χ4n) is 2.63. The number of nitrogens with one attached hydrogen (secondary N) is 2. The largest absolute Gasteiger partial charge is 0.379 e. The molecule has 1 amide bonds. The highest BCUT2D eigenvalue weighted by Gasteiger charge is 2.30. The molecule has 0 aromatic heterocycles. The number of morpholine rings is 1. The third-order valence-electron chi connectivity index (χ3n) is 3.72. The third-order valence-corrected chi connectivity index (χ3v) is 4.22. The van der Waals surface area contributed by atoms with E-state index in [1.54, 1.807) is 0 Å². The zero-order valence-electron chi connectivity index (χ0n) is 11.2. The highest BCUT2D eigenvalue weighted by molar-refractivity contribution is 9.10. The Morgan fingerprint density at radius 2 is 2.20 bits per heavy atom. The first-order chi connectivity index (χ1) is 9.74. The summed E-state index contributed by atoms with van der Waals surface area (Å²) in [6.45, 7) is 5.29. The number of benzene rings is 1. The Morgan fingerprint density at radius 1 is 1.40 bits per heavy atom. The van der Waals surface area contributed by atoms with Gasteiger partial charge in [-0.15, -0.1) is 0 Å². The zero-order valence-corrected chi connectivity index (χ0v) is 12.8. The molecule has 2 aliphatic heterocycles. The lowest BCUT2D eigenvalue weighted by atomic mass is 10.1. The quantitative estimate of drug-likeness (QED) is 0.869. The fraction of sp³-hybridized carbons (Fsp3) is 0.500. The highest BCUT2D eigenvalue weighted by atomic mass is 79.9. The molecule has 1 atom stereocenters. The molecule has 0 saturated carbocycles. The monoisotopic (exact) mass is 339 g/mol. The number of rotatable bonds is 4. The SMILES string of the molecule is O=C1Nc2ccc(Br)cc2C1NCCN1CCOCC1. The van der Waals surface area contributed by atoms with Crippen molar-refractivity contribution in [3.8, 4) is 0 Å². The van der Waals surface area contributed by atoms with Crippen molar-refractivity contribution in [2.45, 2.75) is 6.04 Å². The van der Waals surface area contributed by atoms with Crippen LogP contribution in [0.5, 0.6) is 0 Å². The van der Waals surface area contributed by atoms with E-state index >= 15 is 0 Å². The number of nitrogens with zero attached hydrogens (tertiary/aromatic N) is 1. The van der Waals surface area contributed by atoms with Crippen molar-refractivity contribution >= 4 is 27.5 Å². The van der Waals surface area contributed by atoms with Crippen LogP contribution in [0.15, 0.2) is 22.7 Å². The van der Waals surface area contributed by atoms with Gasteiger partial charge in [0.25, 0.3) is 0 Å². The first-order valence-electron chi connectivity index (χ1n) is 6.88. The van der Waals surface area contributed by atoms with Gasteiger partial charge in [0.15, 0.2) is 0 Å². The van der Waals surface area contributed by atoms with Crippen molar-refractivity contribution in [2.75, 3.05) is 44.7 Å². The summed E-state index contributed by atoms with van der Waals surface area (Å²) >= 11 is 3.45. The Kier molecular flexibility index (Phi) is 4.35. The molecule has 1 fully saturated rings. The molecule has 2 heterocycles. The Balaban J connectivity index is 1.57. The summed E-state index contributed by atoms with van der Waals surface area (Å²) in [5.41, 5.74) is 1.92. The van der Waals surface area contributed by atoms with Crippen LogP contribution in [0.2, 0.25) is 0 Å². The van der Waals surface area contributed by atoms with Gasteiger partial charge in [0.1, 0.15) is 6.04 Å². The van der Waals surface area contributed by atoms with Crippen molar-refractivity contribution in [3.05, 3.63) is 28.2 Å². The number of ether oxygens (including phenoxy) is 1. The van der Waals surface area contributed by atoms with Crippen LogP contribution >= 0.6 is 15.9 Å². The normalized spacial score (nSPS) is 22.6. The molecule has 0 aliphatic carbocycles. The first-order valence-corrected chi connectivity index (χ1v) is 7.67. The lowest BCUT2D eigenvalue weighted by molar-refractivity contribution is -0.117. The first kappa shape index (κ1) is 14.0. The summed E-state index contributed by atoms with van der Waals surface area (Å²) < 4.78 is 6.32. The van der Waals surface area contributed by atoms with E-state index < -0.39 is 0 Å². The molecule has 0 radical (unpaired) electrons. The van der Waals surface area contributed by atoms with Crippen LogP contribution in [0.1, 0.15) is 11.6 Å². The van der Waals surface area contributed by atoms with E-state index in [0.717, 1.165) is 55.1 Å². The Hall–Kier alpha value is -0.950. The van der Waals surface area contributed by atoms with E-state index in [9.17, 15) is 4.79 Å². The number of carbonyl (C=O) groups is 1. The predicted molar refractivity (Wildman–Crippen MR) is 80.8 cm³/mol. The van der Waals surface area contributed by atoms with E-state index in [4.69, 9.17) is 4.74 Å². The third kappa shape index (κ3) is 3.03. The Labute approximate surface area is 126 Å². The van der Waals surface area contributed by atoms with E-state index in [1.807, 2.05) is 18.2 Å². The van der Waals surface area contributed by atoms with E-state index in [-0.39, 0.29) is 11.9 Å². The van der Waals surface area contributed by atoms with Gasteiger partial charge in [0.2, 0.25) is 5.91 Å². The summed E-state index contributed by atoms with van der Waals surface area (Å²) in [7, 11) is 0. The number of carbonyl (C=O) groups excluding carboxylic acids is 1. The molecule has 1 aromatic rings. The highest BCUT2D eigenvalue weighted by Crippen LogP contribution is 2.32. The van der Waals surface area contributed by atoms with Crippen LogP contribution in [0.25, 0.3) is 0 Å². The molecule has 1 unspecified atom stereocenters. The number of hydrogen-bond donors (Lipinski definition) is 2. The summed E-state index contributed by atoms with van der Waals surface area (Å²) in [5, 5.41) is 6.25. The standard InChI is InChI=1S/C14H18BrN3O2/c15-10-1-2-12-11(9-10)13(14(19)17-12)16-3-4-18-5-7-20-8-6-18/h1-2,9,13,16H,3-8H2,(H,17,19). The number of hydrogen-bond acceptors (Lipinski definition) is 4. The maximum Gasteiger partial charge on any atom is 0.246 e. The van der Waals surface area contributed by atoms with Gasteiger partial charge in [0, 0.05) is 41.9 Å². The van der Waals surface area contributed by atoms with Crippen LogP contribution in [-0.2, 0) is 9.53 Å². The van der Waals surface area contributed by atoms with Crippen LogP contribution < -0.4 is 10.6 Å². The molecule has 0 bridgehead atoms. The maximum atomic E-state index is 12.0. The second kappa shape index (κ2) is 6.22. The molecular weight excluding hydrogens is 322 g/mol. The molecule has 1 saturated heterocycles. The van der Waals surface area contributed by atoms with Gasteiger partial charge in [-0.25, -0.2) is 0 Å². The van der Waals surface area contributed by atoms with Gasteiger partial charge in [-0.1, -0.05) is 15.9 Å². The maximum absolute atomic E-state index is 12.0. The molecule has 6 heteroatoms. The minimum Gasteiger partial charge on any atom is -0.379 e. The molecule has 2 aliphatic rings. The molecule has 1 aromatic carbocycles. The molecule has 5 nitrogen and oxygen atoms in total. The van der Waals surface area contributed by atoms with E-state index in [2.05, 4.69) is 31.5 Å². The second-order valence-electron chi connectivity index (χ2n) is 5.06. The van der Waals surface area contributed by atoms with Crippen molar-refractivity contribution in [1.82, 2.24) is 10.2 Å². The summed E-state index contributed by atoms with van der Waals surface area (Å²) in [5.74, 6) is 0.0278. The van der Waals surface area contributed by atoms with Gasteiger partial charge < -0.3 is 15.4 Å². The van der Waals surface area contributed by atoms with Crippen LogP contribution in [0.3, 0.4) is 0 Å². The van der Waals surface area contributed by atoms with Crippen LogP contribution in [-0.4, -0.2) is 50.2 Å². The zero-order chi connectivity index (χ0) is 13.9. The van der Waals surface area contributed by atoms with Gasteiger partial charge in [-0.05, 0) is 18.2 Å². The average molecular weight is 340 g/mol. The molecule has 0 spiro atoms. The van der Waals surface area contributed by atoms with Gasteiger partial charge in [0.05, 0.1) is 13.2 Å². The van der Waals surface area contributed by atoms with Crippen molar-refractivity contribution in [3.63, 3.8) is 0 Å². The minimum absolute atomic E-state index is 0.0278. The lowest BCUT2D eigenvalue weighted by Gasteiger charge is -2.27. The number of halogens is 1. The molecule has 3 rings (SSSR count).